The predicted molar refractivity (Wildman–Crippen MR) is 138 cm³/mol. The molecule has 6 nitrogen and oxygen atoms in total. The van der Waals surface area contributed by atoms with E-state index in [-0.39, 0.29) is 11.6 Å². The van der Waals surface area contributed by atoms with E-state index in [1.54, 1.807) is 24.3 Å². The normalized spacial score (nSPS) is 11.9. The molecule has 0 unspecified atom stereocenters. The van der Waals surface area contributed by atoms with Crippen molar-refractivity contribution >= 4 is 45.7 Å². The molecule has 0 heterocycles. The number of benzene rings is 4. The number of hydrogen-bond acceptors (Lipinski definition) is 6. The summed E-state index contributed by atoms with van der Waals surface area (Å²) in [4.78, 5) is 27.2. The van der Waals surface area contributed by atoms with Crippen LogP contribution in [0.2, 0.25) is 0 Å². The van der Waals surface area contributed by atoms with Crippen molar-refractivity contribution in [2.75, 3.05) is 35.4 Å². The van der Waals surface area contributed by atoms with Gasteiger partial charge in [0.05, 0.1) is 22.5 Å². The summed E-state index contributed by atoms with van der Waals surface area (Å²) in [5, 5.41) is 12.9. The van der Waals surface area contributed by atoms with Crippen molar-refractivity contribution in [2.24, 2.45) is 0 Å². The lowest BCUT2D eigenvalue weighted by molar-refractivity contribution is 0.0980. The Balaban J connectivity index is 1.61. The lowest BCUT2D eigenvalue weighted by Crippen LogP contribution is -2.23. The number of hydrogen-bond donors (Lipinski definition) is 4. The molecule has 4 N–H and O–H groups in total. The van der Waals surface area contributed by atoms with Crippen LogP contribution in [0.25, 0.3) is 0 Å². The van der Waals surface area contributed by atoms with Crippen LogP contribution in [-0.2, 0) is 0 Å². The number of fused-ring (bicyclic) bond motifs is 2. The predicted octanol–water partition coefficient (Wildman–Crippen LogP) is 6.03. The number of nitrogens with one attached hydrogen (secondary N) is 4. The summed E-state index contributed by atoms with van der Waals surface area (Å²) in [7, 11) is 3.72. The molecule has 0 saturated heterocycles. The molecule has 0 radical (unpaired) electrons. The van der Waals surface area contributed by atoms with Crippen LogP contribution in [0.4, 0.5) is 34.1 Å². The molecular formula is C28H24N4O2. The van der Waals surface area contributed by atoms with Gasteiger partial charge >= 0.3 is 0 Å². The van der Waals surface area contributed by atoms with Crippen LogP contribution in [0.3, 0.4) is 0 Å². The van der Waals surface area contributed by atoms with Crippen molar-refractivity contribution in [2.45, 2.75) is 0 Å². The molecule has 0 bridgehead atoms. The molecule has 0 atom stereocenters. The first kappa shape index (κ1) is 21.3. The van der Waals surface area contributed by atoms with Crippen LogP contribution in [0.15, 0.2) is 84.9 Å². The third-order valence-electron chi connectivity index (χ3n) is 5.98. The van der Waals surface area contributed by atoms with Gasteiger partial charge in [-0.15, -0.1) is 0 Å². The van der Waals surface area contributed by atoms with Crippen LogP contribution in [-0.4, -0.2) is 25.7 Å². The average molecular weight is 449 g/mol. The minimum Gasteiger partial charge on any atom is -0.388 e. The van der Waals surface area contributed by atoms with Crippen LogP contribution in [0, 0.1) is 0 Å². The van der Waals surface area contributed by atoms with Gasteiger partial charge in [0.2, 0.25) is 0 Å². The van der Waals surface area contributed by atoms with Crippen molar-refractivity contribution in [3.63, 3.8) is 0 Å². The molecule has 34 heavy (non-hydrogen) atoms. The number of carbonyl (C=O) groups excluding carboxylic acids is 2. The fourth-order valence-corrected chi connectivity index (χ4v) is 4.18. The highest BCUT2D eigenvalue weighted by atomic mass is 16.1. The van der Waals surface area contributed by atoms with Crippen molar-refractivity contribution in [3.8, 4) is 0 Å². The molecule has 0 aromatic heterocycles. The zero-order valence-corrected chi connectivity index (χ0v) is 18.9. The maximum Gasteiger partial charge on any atom is 0.196 e. The fraction of sp³-hybridized carbons (Fsp3) is 0.0714. The van der Waals surface area contributed by atoms with Crippen LogP contribution in [0.1, 0.15) is 31.8 Å². The Bertz CT molecular complexity index is 1290. The molecule has 6 heteroatoms. The van der Waals surface area contributed by atoms with Gasteiger partial charge in [-0.1, -0.05) is 24.3 Å². The van der Waals surface area contributed by atoms with Crippen LogP contribution in [0.5, 0.6) is 0 Å². The standard InChI is InChI=1S/C28H24N4O2/c1-29-17-7-11-19(12-8-17)31-23-15-16-24(32-20-13-9-18(30-2)10-14-20)26-25(23)27(33)21-5-3-4-6-22(21)28(26)34/h3-16,29-32H,1-2H3. The summed E-state index contributed by atoms with van der Waals surface area (Å²) >= 11 is 0. The summed E-state index contributed by atoms with van der Waals surface area (Å²) in [6, 6.07) is 26.2. The zero-order valence-electron chi connectivity index (χ0n) is 18.9. The quantitative estimate of drug-likeness (QED) is 0.254. The van der Waals surface area contributed by atoms with E-state index in [2.05, 4.69) is 21.3 Å². The smallest absolute Gasteiger partial charge is 0.196 e. The van der Waals surface area contributed by atoms with E-state index >= 15 is 0 Å². The maximum atomic E-state index is 13.6. The first-order valence-electron chi connectivity index (χ1n) is 11.0. The molecule has 5 rings (SSSR count). The Kier molecular flexibility index (Phi) is 5.47. The van der Waals surface area contributed by atoms with Gasteiger partial charge in [-0.3, -0.25) is 9.59 Å². The molecule has 0 saturated carbocycles. The van der Waals surface area contributed by atoms with Gasteiger partial charge in [0.15, 0.2) is 11.6 Å². The number of anilines is 6. The monoisotopic (exact) mass is 448 g/mol. The molecule has 4 aromatic rings. The SMILES string of the molecule is CNc1ccc(Nc2ccc(Nc3ccc(NC)cc3)c3c2C(=O)c2ccccc2C3=O)cc1. The summed E-state index contributed by atoms with van der Waals surface area (Å²) in [6.07, 6.45) is 0. The minimum absolute atomic E-state index is 0.172. The van der Waals surface area contributed by atoms with Crippen molar-refractivity contribution in [1.29, 1.82) is 0 Å². The summed E-state index contributed by atoms with van der Waals surface area (Å²) < 4.78 is 0. The first-order chi connectivity index (χ1) is 16.6. The highest BCUT2D eigenvalue weighted by molar-refractivity contribution is 6.32. The van der Waals surface area contributed by atoms with Gasteiger partial charge in [-0.05, 0) is 60.7 Å². The second-order valence-corrected chi connectivity index (χ2v) is 8.02. The Morgan fingerprint density at radius 3 is 1.18 bits per heavy atom. The van der Waals surface area contributed by atoms with Crippen molar-refractivity contribution < 1.29 is 9.59 Å². The molecule has 168 valence electrons. The lowest BCUT2D eigenvalue weighted by Gasteiger charge is -2.24. The summed E-state index contributed by atoms with van der Waals surface area (Å²) in [5.74, 6) is -0.345. The van der Waals surface area contributed by atoms with E-state index in [0.717, 1.165) is 22.7 Å². The number of rotatable bonds is 6. The molecule has 1 aliphatic rings. The summed E-state index contributed by atoms with van der Waals surface area (Å²) in [6.45, 7) is 0. The first-order valence-corrected chi connectivity index (χ1v) is 11.0. The van der Waals surface area contributed by atoms with Crippen molar-refractivity contribution in [3.05, 3.63) is 107 Å². The second kappa shape index (κ2) is 8.75. The third kappa shape index (κ3) is 3.75. The van der Waals surface area contributed by atoms with E-state index in [1.165, 1.54) is 0 Å². The highest BCUT2D eigenvalue weighted by Crippen LogP contribution is 2.38. The van der Waals surface area contributed by atoms with Gasteiger partial charge in [0.25, 0.3) is 0 Å². The van der Waals surface area contributed by atoms with E-state index in [0.29, 0.717) is 33.6 Å². The molecular weight excluding hydrogens is 424 g/mol. The fourth-order valence-electron chi connectivity index (χ4n) is 4.18. The number of ketones is 2. The molecule has 0 aliphatic heterocycles. The Morgan fingerprint density at radius 1 is 0.471 bits per heavy atom. The summed E-state index contributed by atoms with van der Waals surface area (Å²) in [5.41, 5.74) is 6.39. The lowest BCUT2D eigenvalue weighted by atomic mass is 9.82. The second-order valence-electron chi connectivity index (χ2n) is 8.02. The molecule has 0 fully saturated rings. The van der Waals surface area contributed by atoms with Crippen LogP contribution >= 0.6 is 0 Å². The Morgan fingerprint density at radius 2 is 0.824 bits per heavy atom. The zero-order chi connectivity index (χ0) is 23.7. The van der Waals surface area contributed by atoms with E-state index in [1.807, 2.05) is 74.8 Å². The van der Waals surface area contributed by atoms with E-state index in [4.69, 9.17) is 0 Å². The van der Waals surface area contributed by atoms with Crippen molar-refractivity contribution in [1.82, 2.24) is 0 Å². The molecule has 0 spiro atoms. The largest absolute Gasteiger partial charge is 0.388 e. The van der Waals surface area contributed by atoms with E-state index < -0.39 is 0 Å². The molecule has 0 amide bonds. The van der Waals surface area contributed by atoms with Gasteiger partial charge in [0, 0.05) is 48.0 Å². The van der Waals surface area contributed by atoms with Gasteiger partial charge in [-0.2, -0.15) is 0 Å². The Labute approximate surface area is 198 Å². The van der Waals surface area contributed by atoms with Gasteiger partial charge < -0.3 is 21.3 Å². The average Bonchev–Trinajstić information content (AvgIpc) is 2.89. The topological polar surface area (TPSA) is 82.3 Å². The van der Waals surface area contributed by atoms with Gasteiger partial charge in [-0.25, -0.2) is 0 Å². The minimum atomic E-state index is -0.172. The molecule has 1 aliphatic carbocycles. The van der Waals surface area contributed by atoms with E-state index in [9.17, 15) is 9.59 Å². The van der Waals surface area contributed by atoms with Gasteiger partial charge in [0.1, 0.15) is 0 Å². The van der Waals surface area contributed by atoms with Crippen LogP contribution < -0.4 is 21.3 Å². The highest BCUT2D eigenvalue weighted by Gasteiger charge is 2.34. The Hall–Kier alpha value is -4.58. The maximum absolute atomic E-state index is 13.6. The molecule has 4 aromatic carbocycles. The number of carbonyl (C=O) groups is 2. The third-order valence-corrected chi connectivity index (χ3v) is 5.98.